The van der Waals surface area contributed by atoms with Crippen molar-refractivity contribution in [1.82, 2.24) is 14.5 Å². The fourth-order valence-corrected chi connectivity index (χ4v) is 3.80. The van der Waals surface area contributed by atoms with Crippen LogP contribution in [0.5, 0.6) is 0 Å². The van der Waals surface area contributed by atoms with Crippen molar-refractivity contribution in [2.45, 2.75) is 31.7 Å². The van der Waals surface area contributed by atoms with Gasteiger partial charge in [0.15, 0.2) is 0 Å². The molecule has 1 aromatic carbocycles. The lowest BCUT2D eigenvalue weighted by atomic mass is 9.94. The van der Waals surface area contributed by atoms with Crippen molar-refractivity contribution in [3.05, 3.63) is 51.9 Å². The van der Waals surface area contributed by atoms with Crippen LogP contribution in [0.15, 0.2) is 46.5 Å². The molecule has 1 aliphatic carbocycles. The Morgan fingerprint density at radius 2 is 2.00 bits per heavy atom. The quantitative estimate of drug-likeness (QED) is 0.517. The number of fused-ring (bicyclic) bond motifs is 1. The molecule has 2 heterocycles. The summed E-state index contributed by atoms with van der Waals surface area (Å²) in [7, 11) is 1.70. The Morgan fingerprint density at radius 1 is 1.25 bits per heavy atom. The van der Waals surface area contributed by atoms with Crippen molar-refractivity contribution in [1.29, 1.82) is 0 Å². The van der Waals surface area contributed by atoms with Crippen LogP contribution in [0.1, 0.15) is 25.7 Å². The maximum atomic E-state index is 12.9. The Bertz CT molecular complexity index is 1120. The van der Waals surface area contributed by atoms with Crippen LogP contribution in [-0.2, 0) is 7.05 Å². The van der Waals surface area contributed by atoms with Crippen LogP contribution in [-0.4, -0.2) is 31.5 Å². The molecule has 2 aromatic heterocycles. The van der Waals surface area contributed by atoms with Crippen LogP contribution in [0, 0.1) is 0 Å². The maximum absolute atomic E-state index is 12.9. The number of hydrogen-bond acceptors (Lipinski definition) is 6. The normalized spacial score (nSPS) is 16.9. The molecule has 0 saturated heterocycles. The Kier molecular flexibility index (Phi) is 5.00. The zero-order valence-electron chi connectivity index (χ0n) is 15.4. The number of nitrogens with one attached hydrogen (secondary N) is 1. The van der Waals surface area contributed by atoms with Gasteiger partial charge in [-0.15, -0.1) is 0 Å². The molecule has 7 nitrogen and oxygen atoms in total. The Morgan fingerprint density at radius 3 is 2.71 bits per heavy atom. The van der Waals surface area contributed by atoms with Gasteiger partial charge in [-0.25, -0.2) is 4.98 Å². The van der Waals surface area contributed by atoms with Gasteiger partial charge in [0.1, 0.15) is 5.65 Å². The van der Waals surface area contributed by atoms with Gasteiger partial charge in [-0.2, -0.15) is 4.98 Å². The third-order valence-electron chi connectivity index (χ3n) is 5.15. The summed E-state index contributed by atoms with van der Waals surface area (Å²) < 4.78 is 1.53. The first-order valence-corrected chi connectivity index (χ1v) is 9.52. The number of aryl methyl sites for hydroxylation is 1. The summed E-state index contributed by atoms with van der Waals surface area (Å²) in [5.74, 6) is 0.488. The minimum atomic E-state index is -0.160. The molecule has 1 aliphatic rings. The molecule has 2 N–H and O–H groups in total. The first kappa shape index (κ1) is 18.4. The predicted molar refractivity (Wildman–Crippen MR) is 110 cm³/mol. The molecular formula is C20H20ClN5O2. The van der Waals surface area contributed by atoms with E-state index in [1.54, 1.807) is 25.4 Å². The molecule has 0 atom stereocenters. The van der Waals surface area contributed by atoms with Crippen LogP contribution in [0.4, 0.5) is 5.95 Å². The Hall–Kier alpha value is -2.93. The highest BCUT2D eigenvalue weighted by Crippen LogP contribution is 2.27. The van der Waals surface area contributed by atoms with E-state index in [-0.39, 0.29) is 11.6 Å². The number of benzene rings is 1. The maximum Gasteiger partial charge on any atom is 0.259 e. The third kappa shape index (κ3) is 3.45. The molecular weight excluding hydrogens is 378 g/mol. The van der Waals surface area contributed by atoms with Crippen LogP contribution >= 0.6 is 11.6 Å². The standard InChI is InChI=1S/C20H20ClN5O2/c1-26-18-12(10-16(19(26)27)15-4-2-3-5-17(15)21)11-22-20(24-18)23-13-6-8-14(25-28)9-7-13/h2-5,10-11,13,28H,6-9H2,1H3,(H,22,23,24). The van der Waals surface area contributed by atoms with E-state index in [0.29, 0.717) is 27.7 Å². The summed E-state index contributed by atoms with van der Waals surface area (Å²) in [4.78, 5) is 21.9. The average Bonchev–Trinajstić information content (AvgIpc) is 2.72. The van der Waals surface area contributed by atoms with Crippen molar-refractivity contribution in [2.75, 3.05) is 5.32 Å². The second kappa shape index (κ2) is 7.59. The number of halogens is 1. The number of hydrogen-bond donors (Lipinski definition) is 2. The van der Waals surface area contributed by atoms with Crippen LogP contribution in [0.25, 0.3) is 22.2 Å². The second-order valence-electron chi connectivity index (χ2n) is 6.96. The van der Waals surface area contributed by atoms with Gasteiger partial charge in [0, 0.05) is 40.8 Å². The van der Waals surface area contributed by atoms with Crippen LogP contribution in [0.3, 0.4) is 0 Å². The Balaban J connectivity index is 1.68. The summed E-state index contributed by atoms with van der Waals surface area (Å²) in [6.45, 7) is 0. The van der Waals surface area contributed by atoms with E-state index in [4.69, 9.17) is 16.8 Å². The number of aromatic nitrogens is 3. The number of nitrogens with zero attached hydrogens (tertiary/aromatic N) is 4. The van der Waals surface area contributed by atoms with Gasteiger partial charge in [0.2, 0.25) is 5.95 Å². The topological polar surface area (TPSA) is 92.4 Å². The zero-order valence-corrected chi connectivity index (χ0v) is 16.1. The molecule has 1 fully saturated rings. The van der Waals surface area contributed by atoms with E-state index in [0.717, 1.165) is 36.8 Å². The van der Waals surface area contributed by atoms with Gasteiger partial charge in [-0.3, -0.25) is 9.36 Å². The summed E-state index contributed by atoms with van der Waals surface area (Å²) in [5.41, 5.74) is 2.44. The lowest BCUT2D eigenvalue weighted by Gasteiger charge is -2.23. The monoisotopic (exact) mass is 397 g/mol. The van der Waals surface area contributed by atoms with Crippen molar-refractivity contribution in [3.8, 4) is 11.1 Å². The van der Waals surface area contributed by atoms with Gasteiger partial charge >= 0.3 is 0 Å². The fraction of sp³-hybridized carbons (Fsp3) is 0.300. The van der Waals surface area contributed by atoms with E-state index in [2.05, 4.69) is 20.4 Å². The molecule has 0 bridgehead atoms. The number of rotatable bonds is 3. The lowest BCUT2D eigenvalue weighted by molar-refractivity contribution is 0.313. The van der Waals surface area contributed by atoms with E-state index >= 15 is 0 Å². The SMILES string of the molecule is Cn1c(=O)c(-c2ccccc2Cl)cc2cnc(NC3CCC(=NO)CC3)nc21. The summed E-state index contributed by atoms with van der Waals surface area (Å²) >= 11 is 6.28. The van der Waals surface area contributed by atoms with Crippen molar-refractivity contribution >= 4 is 34.3 Å². The molecule has 28 heavy (non-hydrogen) atoms. The first-order chi connectivity index (χ1) is 13.6. The fourth-order valence-electron chi connectivity index (χ4n) is 3.57. The molecule has 0 radical (unpaired) electrons. The van der Waals surface area contributed by atoms with Gasteiger partial charge in [-0.1, -0.05) is 35.0 Å². The highest BCUT2D eigenvalue weighted by molar-refractivity contribution is 6.33. The smallest absolute Gasteiger partial charge is 0.259 e. The van der Waals surface area contributed by atoms with E-state index < -0.39 is 0 Å². The van der Waals surface area contributed by atoms with E-state index in [1.807, 2.05) is 18.2 Å². The molecule has 0 aliphatic heterocycles. The van der Waals surface area contributed by atoms with Crippen molar-refractivity contribution in [2.24, 2.45) is 12.2 Å². The predicted octanol–water partition coefficient (Wildman–Crippen LogP) is 3.83. The lowest BCUT2D eigenvalue weighted by Crippen LogP contribution is -2.27. The molecule has 144 valence electrons. The summed E-state index contributed by atoms with van der Waals surface area (Å²) in [5, 5.41) is 16.8. The molecule has 0 spiro atoms. The van der Waals surface area contributed by atoms with Crippen molar-refractivity contribution in [3.63, 3.8) is 0 Å². The molecule has 4 rings (SSSR count). The largest absolute Gasteiger partial charge is 0.411 e. The van der Waals surface area contributed by atoms with Gasteiger partial charge in [0.25, 0.3) is 5.56 Å². The molecule has 0 unspecified atom stereocenters. The first-order valence-electron chi connectivity index (χ1n) is 9.15. The van der Waals surface area contributed by atoms with E-state index in [1.165, 1.54) is 4.57 Å². The molecule has 0 amide bonds. The highest BCUT2D eigenvalue weighted by Gasteiger charge is 2.19. The minimum absolute atomic E-state index is 0.160. The summed E-state index contributed by atoms with van der Waals surface area (Å²) in [6.07, 6.45) is 4.92. The minimum Gasteiger partial charge on any atom is -0.411 e. The van der Waals surface area contributed by atoms with Gasteiger partial charge < -0.3 is 10.5 Å². The molecule has 8 heteroatoms. The second-order valence-corrected chi connectivity index (χ2v) is 7.37. The van der Waals surface area contributed by atoms with E-state index in [9.17, 15) is 4.79 Å². The third-order valence-corrected chi connectivity index (χ3v) is 5.48. The number of oxime groups is 1. The van der Waals surface area contributed by atoms with Gasteiger partial charge in [0.05, 0.1) is 5.71 Å². The average molecular weight is 398 g/mol. The Labute approximate surface area is 166 Å². The molecule has 3 aromatic rings. The van der Waals surface area contributed by atoms with Crippen LogP contribution < -0.4 is 10.9 Å². The molecule has 1 saturated carbocycles. The number of pyridine rings is 1. The number of anilines is 1. The van der Waals surface area contributed by atoms with Gasteiger partial charge in [-0.05, 0) is 37.8 Å². The van der Waals surface area contributed by atoms with Crippen molar-refractivity contribution < 1.29 is 5.21 Å². The zero-order chi connectivity index (χ0) is 19.7. The van der Waals surface area contributed by atoms with Crippen LogP contribution in [0.2, 0.25) is 5.02 Å². The summed E-state index contributed by atoms with van der Waals surface area (Å²) in [6, 6.07) is 9.27. The highest BCUT2D eigenvalue weighted by atomic mass is 35.5.